The van der Waals surface area contributed by atoms with Crippen LogP contribution in [-0.2, 0) is 13.1 Å². The van der Waals surface area contributed by atoms with Gasteiger partial charge in [-0.15, -0.1) is 11.3 Å². The zero-order chi connectivity index (χ0) is 22.4. The van der Waals surface area contributed by atoms with Gasteiger partial charge >= 0.3 is 0 Å². The van der Waals surface area contributed by atoms with E-state index in [1.165, 1.54) is 23.5 Å². The quantitative estimate of drug-likeness (QED) is 0.537. The minimum absolute atomic E-state index is 0.0465. The SMILES string of the molecule is CCCN(Cc1cccn1Cc1nc(C(=O)NC(C)C)cs1)C(=O)c1ccccc1F. The Kier molecular flexibility index (Phi) is 7.57. The summed E-state index contributed by atoms with van der Waals surface area (Å²) < 4.78 is 16.1. The first-order valence-electron chi connectivity index (χ1n) is 10.3. The van der Waals surface area contributed by atoms with Crippen molar-refractivity contribution >= 4 is 23.2 Å². The second-order valence-corrected chi connectivity index (χ2v) is 8.53. The van der Waals surface area contributed by atoms with Gasteiger partial charge in [-0.05, 0) is 44.5 Å². The van der Waals surface area contributed by atoms with Gasteiger partial charge in [-0.1, -0.05) is 19.1 Å². The van der Waals surface area contributed by atoms with Gasteiger partial charge in [-0.3, -0.25) is 9.59 Å². The standard InChI is InChI=1S/C23H27FN4O2S/c1-4-11-28(23(30)18-9-5-6-10-19(18)24)13-17-8-7-12-27(17)14-21-26-20(15-31-21)22(29)25-16(2)3/h5-10,12,15-16H,4,11,13-14H2,1-3H3,(H,25,29). The molecule has 0 radical (unpaired) electrons. The molecule has 164 valence electrons. The van der Waals surface area contributed by atoms with Crippen LogP contribution in [0.25, 0.3) is 0 Å². The number of amides is 2. The van der Waals surface area contributed by atoms with E-state index in [-0.39, 0.29) is 23.4 Å². The number of carbonyl (C=O) groups is 2. The number of rotatable bonds is 9. The Morgan fingerprint density at radius 2 is 2.00 bits per heavy atom. The summed E-state index contributed by atoms with van der Waals surface area (Å²) in [4.78, 5) is 31.2. The highest BCUT2D eigenvalue weighted by Crippen LogP contribution is 2.17. The largest absolute Gasteiger partial charge is 0.349 e. The van der Waals surface area contributed by atoms with Crippen molar-refractivity contribution in [3.05, 3.63) is 75.8 Å². The van der Waals surface area contributed by atoms with Gasteiger partial charge in [0.25, 0.3) is 11.8 Å². The first-order chi connectivity index (χ1) is 14.9. The number of carbonyl (C=O) groups excluding carboxylic acids is 2. The number of benzene rings is 1. The summed E-state index contributed by atoms with van der Waals surface area (Å²) in [7, 11) is 0. The third kappa shape index (κ3) is 5.79. The van der Waals surface area contributed by atoms with Crippen molar-refractivity contribution in [2.24, 2.45) is 0 Å². The summed E-state index contributed by atoms with van der Waals surface area (Å²) in [6.07, 6.45) is 2.68. The van der Waals surface area contributed by atoms with Crippen molar-refractivity contribution in [1.82, 2.24) is 19.8 Å². The van der Waals surface area contributed by atoms with E-state index < -0.39 is 5.82 Å². The van der Waals surface area contributed by atoms with E-state index in [1.807, 2.05) is 43.7 Å². The molecule has 1 aromatic carbocycles. The monoisotopic (exact) mass is 442 g/mol. The van der Waals surface area contributed by atoms with E-state index in [4.69, 9.17) is 0 Å². The lowest BCUT2D eigenvalue weighted by molar-refractivity contribution is 0.0734. The predicted molar refractivity (Wildman–Crippen MR) is 120 cm³/mol. The summed E-state index contributed by atoms with van der Waals surface area (Å²) in [5.74, 6) is -1.02. The third-order valence-corrected chi connectivity index (χ3v) is 5.50. The average molecular weight is 443 g/mol. The second-order valence-electron chi connectivity index (χ2n) is 7.59. The maximum Gasteiger partial charge on any atom is 0.270 e. The molecule has 3 rings (SSSR count). The number of hydrogen-bond acceptors (Lipinski definition) is 4. The van der Waals surface area contributed by atoms with Crippen molar-refractivity contribution < 1.29 is 14.0 Å². The molecular weight excluding hydrogens is 415 g/mol. The maximum absolute atomic E-state index is 14.1. The summed E-state index contributed by atoms with van der Waals surface area (Å²) in [5, 5.41) is 5.39. The fraction of sp³-hybridized carbons (Fsp3) is 0.348. The number of aromatic nitrogens is 2. The fourth-order valence-corrected chi connectivity index (χ4v) is 4.01. The van der Waals surface area contributed by atoms with Gasteiger partial charge in [-0.25, -0.2) is 9.37 Å². The van der Waals surface area contributed by atoms with Gasteiger partial charge in [-0.2, -0.15) is 0 Å². The minimum Gasteiger partial charge on any atom is -0.349 e. The summed E-state index contributed by atoms with van der Waals surface area (Å²) in [6.45, 7) is 7.18. The lowest BCUT2D eigenvalue weighted by Gasteiger charge is -2.23. The molecular formula is C23H27FN4O2S. The van der Waals surface area contributed by atoms with Crippen LogP contribution in [0.1, 0.15) is 58.7 Å². The molecule has 0 aliphatic rings. The molecule has 0 bridgehead atoms. The van der Waals surface area contributed by atoms with Crippen molar-refractivity contribution in [2.45, 2.75) is 46.3 Å². The van der Waals surface area contributed by atoms with E-state index >= 15 is 0 Å². The smallest absolute Gasteiger partial charge is 0.270 e. The molecule has 6 nitrogen and oxygen atoms in total. The highest BCUT2D eigenvalue weighted by atomic mass is 32.1. The van der Waals surface area contributed by atoms with E-state index in [2.05, 4.69) is 10.3 Å². The minimum atomic E-state index is -0.515. The lowest BCUT2D eigenvalue weighted by Crippen LogP contribution is -2.32. The van der Waals surface area contributed by atoms with Crippen LogP contribution in [0.4, 0.5) is 4.39 Å². The van der Waals surface area contributed by atoms with Crippen LogP contribution in [0, 0.1) is 5.82 Å². The fourth-order valence-electron chi connectivity index (χ4n) is 3.24. The molecule has 0 aliphatic heterocycles. The number of nitrogens with zero attached hydrogens (tertiary/aromatic N) is 3. The second kappa shape index (κ2) is 10.3. The van der Waals surface area contributed by atoms with Crippen molar-refractivity contribution in [2.75, 3.05) is 6.54 Å². The van der Waals surface area contributed by atoms with Gasteiger partial charge in [0, 0.05) is 29.9 Å². The Hall–Kier alpha value is -3.00. The molecule has 0 saturated carbocycles. The molecule has 1 N–H and O–H groups in total. The highest BCUT2D eigenvalue weighted by molar-refractivity contribution is 7.09. The zero-order valence-electron chi connectivity index (χ0n) is 18.0. The Labute approximate surface area is 185 Å². The Morgan fingerprint density at radius 1 is 1.23 bits per heavy atom. The lowest BCUT2D eigenvalue weighted by atomic mass is 10.1. The molecule has 8 heteroatoms. The zero-order valence-corrected chi connectivity index (χ0v) is 18.8. The van der Waals surface area contributed by atoms with Crippen LogP contribution in [0.5, 0.6) is 0 Å². The molecule has 0 saturated heterocycles. The molecule has 0 unspecified atom stereocenters. The molecule has 3 aromatic rings. The molecule has 0 spiro atoms. The molecule has 0 atom stereocenters. The predicted octanol–water partition coefficient (Wildman–Crippen LogP) is 4.32. The van der Waals surface area contributed by atoms with Crippen LogP contribution in [0.3, 0.4) is 0 Å². The summed E-state index contributed by atoms with van der Waals surface area (Å²) in [5.41, 5.74) is 1.40. The summed E-state index contributed by atoms with van der Waals surface area (Å²) >= 11 is 1.42. The van der Waals surface area contributed by atoms with Crippen LogP contribution >= 0.6 is 11.3 Å². The third-order valence-electron chi connectivity index (χ3n) is 4.67. The van der Waals surface area contributed by atoms with Crippen LogP contribution in [0.15, 0.2) is 48.0 Å². The van der Waals surface area contributed by atoms with Gasteiger partial charge in [0.1, 0.15) is 16.5 Å². The summed E-state index contributed by atoms with van der Waals surface area (Å²) in [6, 6.07) is 9.95. The molecule has 0 fully saturated rings. The molecule has 2 aromatic heterocycles. The topological polar surface area (TPSA) is 67.2 Å². The number of halogens is 1. The van der Waals surface area contributed by atoms with Gasteiger partial charge in [0.2, 0.25) is 0 Å². The van der Waals surface area contributed by atoms with E-state index in [0.29, 0.717) is 25.3 Å². The normalized spacial score (nSPS) is 11.0. The first-order valence-corrected chi connectivity index (χ1v) is 11.2. The van der Waals surface area contributed by atoms with E-state index in [0.717, 1.165) is 17.1 Å². The van der Waals surface area contributed by atoms with E-state index in [9.17, 15) is 14.0 Å². The van der Waals surface area contributed by atoms with Gasteiger partial charge in [0.05, 0.1) is 18.7 Å². The Balaban J connectivity index is 1.74. The van der Waals surface area contributed by atoms with Gasteiger partial charge < -0.3 is 14.8 Å². The number of thiazole rings is 1. The molecule has 0 aliphatic carbocycles. The van der Waals surface area contributed by atoms with Crippen LogP contribution in [0.2, 0.25) is 0 Å². The van der Waals surface area contributed by atoms with Crippen molar-refractivity contribution in [3.63, 3.8) is 0 Å². The Bertz CT molecular complexity index is 1040. The van der Waals surface area contributed by atoms with E-state index in [1.54, 1.807) is 22.4 Å². The van der Waals surface area contributed by atoms with Crippen LogP contribution < -0.4 is 5.32 Å². The molecule has 2 amide bonds. The van der Waals surface area contributed by atoms with Crippen LogP contribution in [-0.4, -0.2) is 38.9 Å². The highest BCUT2D eigenvalue weighted by Gasteiger charge is 2.20. The first kappa shape index (κ1) is 22.7. The molecule has 31 heavy (non-hydrogen) atoms. The van der Waals surface area contributed by atoms with Gasteiger partial charge in [0.15, 0.2) is 0 Å². The average Bonchev–Trinajstić information content (AvgIpc) is 3.37. The van der Waals surface area contributed by atoms with Crippen molar-refractivity contribution in [3.8, 4) is 0 Å². The van der Waals surface area contributed by atoms with Crippen molar-refractivity contribution in [1.29, 1.82) is 0 Å². The maximum atomic E-state index is 14.1. The number of nitrogens with one attached hydrogen (secondary N) is 1. The number of hydrogen-bond donors (Lipinski definition) is 1. The Morgan fingerprint density at radius 3 is 2.71 bits per heavy atom. The molecule has 2 heterocycles.